The van der Waals surface area contributed by atoms with Gasteiger partial charge in [-0.2, -0.15) is 5.26 Å². The van der Waals surface area contributed by atoms with E-state index in [2.05, 4.69) is 11.4 Å². The Labute approximate surface area is 143 Å². The van der Waals surface area contributed by atoms with Gasteiger partial charge in [0.1, 0.15) is 11.6 Å². The first kappa shape index (κ1) is 17.8. The average molecular weight is 335 g/mol. The van der Waals surface area contributed by atoms with Crippen LogP contribution in [-0.4, -0.2) is 17.5 Å². The highest BCUT2D eigenvalue weighted by atomic mass is 35.5. The zero-order valence-electron chi connectivity index (χ0n) is 13.8. The summed E-state index contributed by atoms with van der Waals surface area (Å²) < 4.78 is 0. The molecule has 0 radical (unpaired) electrons. The van der Waals surface area contributed by atoms with Crippen molar-refractivity contribution in [1.82, 2.24) is 5.32 Å². The molecule has 2 atom stereocenters. The van der Waals surface area contributed by atoms with Crippen molar-refractivity contribution in [2.45, 2.75) is 63.6 Å². The third kappa shape index (κ3) is 4.46. The van der Waals surface area contributed by atoms with E-state index in [1.165, 1.54) is 0 Å². The molecule has 1 aromatic carbocycles. The van der Waals surface area contributed by atoms with Gasteiger partial charge in [0, 0.05) is 10.6 Å². The van der Waals surface area contributed by atoms with Crippen molar-refractivity contribution < 1.29 is 10.1 Å². The number of carbonyl (C=O) groups excluding carboxylic acids is 1. The van der Waals surface area contributed by atoms with Crippen molar-refractivity contribution in [2.75, 3.05) is 0 Å². The van der Waals surface area contributed by atoms with Crippen LogP contribution in [0.2, 0.25) is 5.02 Å². The maximum Gasteiger partial charge on any atom is 0.279 e. The Morgan fingerprint density at radius 3 is 2.57 bits per heavy atom. The second kappa shape index (κ2) is 7.81. The summed E-state index contributed by atoms with van der Waals surface area (Å²) in [6, 6.07) is 9.82. The van der Waals surface area contributed by atoms with E-state index in [-0.39, 0.29) is 18.0 Å². The van der Waals surface area contributed by atoms with Gasteiger partial charge in [0.25, 0.3) is 5.91 Å². The summed E-state index contributed by atoms with van der Waals surface area (Å²) in [5.41, 5.74) is 0.340. The van der Waals surface area contributed by atoms with E-state index in [9.17, 15) is 10.1 Å². The minimum absolute atomic E-state index is 0.0765. The number of hydrogen-bond acceptors (Lipinski definition) is 2. The van der Waals surface area contributed by atoms with E-state index in [1.54, 1.807) is 0 Å². The lowest BCUT2D eigenvalue weighted by atomic mass is 9.82. The predicted molar refractivity (Wildman–Crippen MR) is 90.8 cm³/mol. The Kier molecular flexibility index (Phi) is 6.04. The summed E-state index contributed by atoms with van der Waals surface area (Å²) >= 11 is 6.22. The van der Waals surface area contributed by atoms with Crippen LogP contribution in [0.15, 0.2) is 24.3 Å². The van der Waals surface area contributed by atoms with Gasteiger partial charge in [0.2, 0.25) is 0 Å². The Balaban J connectivity index is 1.97. The maximum atomic E-state index is 12.5. The molecule has 23 heavy (non-hydrogen) atoms. The lowest BCUT2D eigenvalue weighted by Crippen LogP contribution is -2.92. The highest BCUT2D eigenvalue weighted by Crippen LogP contribution is 2.27. The van der Waals surface area contributed by atoms with E-state index in [1.807, 2.05) is 43.4 Å². The zero-order chi connectivity index (χ0) is 16.9. The van der Waals surface area contributed by atoms with Crippen molar-refractivity contribution in [3.63, 3.8) is 0 Å². The number of quaternary nitrogens is 1. The largest absolute Gasteiger partial charge is 0.333 e. The van der Waals surface area contributed by atoms with Crippen LogP contribution < -0.4 is 10.6 Å². The van der Waals surface area contributed by atoms with E-state index in [0.717, 1.165) is 37.7 Å². The molecule has 0 bridgehead atoms. The van der Waals surface area contributed by atoms with E-state index < -0.39 is 5.54 Å². The number of amides is 1. The lowest BCUT2D eigenvalue weighted by molar-refractivity contribution is -0.710. The number of hydrogen-bond donors (Lipinski definition) is 2. The number of carbonyl (C=O) groups is 1. The number of benzene rings is 1. The van der Waals surface area contributed by atoms with E-state index in [4.69, 9.17) is 11.6 Å². The van der Waals surface area contributed by atoms with Gasteiger partial charge in [-0.05, 0) is 32.8 Å². The number of nitrogens with one attached hydrogen (secondary N) is 1. The van der Waals surface area contributed by atoms with E-state index >= 15 is 0 Å². The SMILES string of the molecule is C[C@@H]([NH2+][C@H](C)c1ccccc1Cl)C(=O)NC1(C#N)CCCCC1. The van der Waals surface area contributed by atoms with Crippen LogP contribution in [0.5, 0.6) is 0 Å². The molecule has 0 saturated heterocycles. The second-order valence-corrected chi connectivity index (χ2v) is 6.94. The molecule has 4 nitrogen and oxygen atoms in total. The van der Waals surface area contributed by atoms with Gasteiger partial charge in [0.05, 0.1) is 6.07 Å². The van der Waals surface area contributed by atoms with Crippen molar-refractivity contribution in [3.8, 4) is 6.07 Å². The fourth-order valence-corrected chi connectivity index (χ4v) is 3.55. The first-order valence-electron chi connectivity index (χ1n) is 8.30. The molecule has 0 aromatic heterocycles. The van der Waals surface area contributed by atoms with Gasteiger partial charge in [-0.3, -0.25) is 4.79 Å². The van der Waals surface area contributed by atoms with Gasteiger partial charge in [-0.15, -0.1) is 0 Å². The van der Waals surface area contributed by atoms with Crippen LogP contribution in [0, 0.1) is 11.3 Å². The highest BCUT2D eigenvalue weighted by molar-refractivity contribution is 6.31. The molecular formula is C18H25ClN3O+. The number of halogens is 1. The second-order valence-electron chi connectivity index (χ2n) is 6.54. The van der Waals surface area contributed by atoms with E-state index in [0.29, 0.717) is 5.02 Å². The Morgan fingerprint density at radius 1 is 1.30 bits per heavy atom. The first-order chi connectivity index (χ1) is 11.0. The molecule has 1 aliphatic carbocycles. The smallest absolute Gasteiger partial charge is 0.279 e. The summed E-state index contributed by atoms with van der Waals surface area (Å²) in [6.45, 7) is 3.91. The van der Waals surface area contributed by atoms with Crippen molar-refractivity contribution in [2.24, 2.45) is 0 Å². The normalized spacial score (nSPS) is 19.4. The van der Waals surface area contributed by atoms with Crippen LogP contribution >= 0.6 is 11.6 Å². The molecule has 3 N–H and O–H groups in total. The zero-order valence-corrected chi connectivity index (χ0v) is 14.6. The summed E-state index contributed by atoms with van der Waals surface area (Å²) in [5.74, 6) is -0.0765. The fourth-order valence-electron chi connectivity index (χ4n) is 3.24. The molecule has 1 saturated carbocycles. The fraction of sp³-hybridized carbons (Fsp3) is 0.556. The molecule has 1 aromatic rings. The molecule has 1 amide bonds. The lowest BCUT2D eigenvalue weighted by Gasteiger charge is -2.32. The van der Waals surface area contributed by atoms with Gasteiger partial charge in [0.15, 0.2) is 6.04 Å². The third-order valence-corrected chi connectivity index (χ3v) is 5.01. The Hall–Kier alpha value is -1.57. The Morgan fingerprint density at radius 2 is 1.96 bits per heavy atom. The van der Waals surface area contributed by atoms with Gasteiger partial charge < -0.3 is 10.6 Å². The van der Waals surface area contributed by atoms with Crippen molar-refractivity contribution >= 4 is 17.5 Å². The molecule has 0 aliphatic heterocycles. The van der Waals surface area contributed by atoms with Crippen molar-refractivity contribution in [1.29, 1.82) is 5.26 Å². The topological polar surface area (TPSA) is 69.5 Å². The quantitative estimate of drug-likeness (QED) is 0.869. The molecule has 2 rings (SSSR count). The summed E-state index contributed by atoms with van der Waals surface area (Å²) in [4.78, 5) is 12.5. The molecule has 5 heteroatoms. The van der Waals surface area contributed by atoms with Crippen LogP contribution in [-0.2, 0) is 4.79 Å². The Bertz CT molecular complexity index is 590. The molecule has 0 heterocycles. The standard InChI is InChI=1S/C18H24ClN3O/c1-13(15-8-4-5-9-16(15)19)21-14(2)17(23)22-18(12-20)10-6-3-7-11-18/h4-5,8-9,13-14,21H,3,6-7,10-11H2,1-2H3,(H,22,23)/p+1/t13-,14-/m1/s1. The number of nitrogens with two attached hydrogens (primary N) is 1. The highest BCUT2D eigenvalue weighted by Gasteiger charge is 2.35. The summed E-state index contributed by atoms with van der Waals surface area (Å²) in [6.07, 6.45) is 4.65. The molecule has 1 aliphatic rings. The summed E-state index contributed by atoms with van der Waals surface area (Å²) in [7, 11) is 0. The summed E-state index contributed by atoms with van der Waals surface area (Å²) in [5, 5.41) is 15.2. The van der Waals surface area contributed by atoms with Gasteiger partial charge in [-0.1, -0.05) is 49.1 Å². The number of nitrogens with zero attached hydrogens (tertiary/aromatic N) is 1. The number of nitriles is 1. The average Bonchev–Trinajstić information content (AvgIpc) is 2.55. The van der Waals surface area contributed by atoms with Crippen LogP contribution in [0.3, 0.4) is 0 Å². The van der Waals surface area contributed by atoms with Gasteiger partial charge >= 0.3 is 0 Å². The maximum absolute atomic E-state index is 12.5. The van der Waals surface area contributed by atoms with Crippen molar-refractivity contribution in [3.05, 3.63) is 34.9 Å². The first-order valence-corrected chi connectivity index (χ1v) is 8.68. The molecule has 0 unspecified atom stereocenters. The van der Waals surface area contributed by atoms with Crippen LogP contribution in [0.4, 0.5) is 0 Å². The predicted octanol–water partition coefficient (Wildman–Crippen LogP) is 2.70. The monoisotopic (exact) mass is 334 g/mol. The van der Waals surface area contributed by atoms with Crippen LogP contribution in [0.1, 0.15) is 57.6 Å². The third-order valence-electron chi connectivity index (χ3n) is 4.67. The van der Waals surface area contributed by atoms with Crippen LogP contribution in [0.25, 0.3) is 0 Å². The number of rotatable bonds is 5. The molecule has 124 valence electrons. The molecular weight excluding hydrogens is 310 g/mol. The molecule has 1 fully saturated rings. The molecule has 0 spiro atoms. The van der Waals surface area contributed by atoms with Gasteiger partial charge in [-0.25, -0.2) is 0 Å². The minimum atomic E-state index is -0.676. The minimum Gasteiger partial charge on any atom is -0.333 e.